The summed E-state index contributed by atoms with van der Waals surface area (Å²) in [5, 5.41) is 10.5. The number of aromatic nitrogens is 2. The number of rotatable bonds is 2. The minimum Gasteiger partial charge on any atom is -0.384 e. The van der Waals surface area contributed by atoms with Crippen molar-refractivity contribution in [3.8, 4) is 0 Å². The smallest absolute Gasteiger partial charge is 0.323 e. The lowest BCUT2D eigenvalue weighted by Crippen LogP contribution is -2.04. The topological polar surface area (TPSA) is 68.9 Å². The number of nitrogens with one attached hydrogen (secondary N) is 2. The molecule has 0 saturated heterocycles. The molecule has 2 aromatic carbocycles. The lowest BCUT2D eigenvalue weighted by atomic mass is 9.99. The maximum atomic E-state index is 13.9. The van der Waals surface area contributed by atoms with Gasteiger partial charge in [-0.3, -0.25) is 0 Å². The van der Waals surface area contributed by atoms with Crippen LogP contribution in [0, 0.1) is 12.7 Å². The number of H-pyrrole nitrogens is 2. The zero-order valence-corrected chi connectivity index (χ0v) is 12.7. The number of hydrogen-bond acceptors (Lipinski definition) is 2. The van der Waals surface area contributed by atoms with Crippen molar-refractivity contribution in [2.24, 2.45) is 0 Å². The molecule has 0 aliphatic rings. The molecule has 3 rings (SSSR count). The minimum absolute atomic E-state index is 0.202. The molecule has 1 unspecified atom stereocenters. The quantitative estimate of drug-likeness (QED) is 0.664. The number of imidazole rings is 1. The van der Waals surface area contributed by atoms with Gasteiger partial charge in [-0.1, -0.05) is 33.6 Å². The molecule has 0 amide bonds. The van der Waals surface area contributed by atoms with E-state index in [1.807, 2.05) is 6.92 Å². The van der Waals surface area contributed by atoms with Crippen LogP contribution in [-0.4, -0.2) is 15.1 Å². The molecular weight excluding hydrogens is 339 g/mol. The number of hydrogen-bond donors (Lipinski definition) is 3. The van der Waals surface area contributed by atoms with Gasteiger partial charge in [-0.15, -0.1) is 0 Å². The molecule has 3 aromatic rings. The molecular formula is C15H12BrFN2O2. The molecule has 6 heteroatoms. The van der Waals surface area contributed by atoms with E-state index >= 15 is 0 Å². The molecule has 4 nitrogen and oxygen atoms in total. The predicted octanol–water partition coefficient (Wildman–Crippen LogP) is 3.15. The first-order chi connectivity index (χ1) is 9.95. The van der Waals surface area contributed by atoms with Gasteiger partial charge in [0.15, 0.2) is 0 Å². The van der Waals surface area contributed by atoms with Gasteiger partial charge < -0.3 is 15.1 Å². The summed E-state index contributed by atoms with van der Waals surface area (Å²) in [7, 11) is 0. The lowest BCUT2D eigenvalue weighted by Gasteiger charge is -2.15. The summed E-state index contributed by atoms with van der Waals surface area (Å²) in [5.41, 5.74) is 2.40. The van der Waals surface area contributed by atoms with E-state index in [0.717, 1.165) is 5.56 Å². The fraction of sp³-hybridized carbons (Fsp3) is 0.133. The fourth-order valence-electron chi connectivity index (χ4n) is 2.32. The Morgan fingerprint density at radius 3 is 2.52 bits per heavy atom. The van der Waals surface area contributed by atoms with E-state index in [2.05, 4.69) is 25.9 Å². The highest BCUT2D eigenvalue weighted by molar-refractivity contribution is 9.10. The molecule has 1 atom stereocenters. The van der Waals surface area contributed by atoms with Gasteiger partial charge in [0, 0.05) is 15.6 Å². The molecule has 0 aliphatic carbocycles. The van der Waals surface area contributed by atoms with Crippen molar-refractivity contribution in [1.82, 2.24) is 9.97 Å². The molecule has 108 valence electrons. The van der Waals surface area contributed by atoms with Crippen LogP contribution in [-0.2, 0) is 0 Å². The van der Waals surface area contributed by atoms with Crippen LogP contribution in [0.2, 0.25) is 0 Å². The van der Waals surface area contributed by atoms with Crippen LogP contribution in [0.25, 0.3) is 11.0 Å². The second kappa shape index (κ2) is 5.13. The average Bonchev–Trinajstić information content (AvgIpc) is 2.79. The first-order valence-corrected chi connectivity index (χ1v) is 7.10. The number of aliphatic hydroxyl groups excluding tert-OH is 1. The van der Waals surface area contributed by atoms with Crippen LogP contribution >= 0.6 is 15.9 Å². The molecule has 0 spiro atoms. The van der Waals surface area contributed by atoms with Crippen molar-refractivity contribution in [3.05, 3.63) is 67.8 Å². The monoisotopic (exact) mass is 350 g/mol. The number of benzene rings is 2. The van der Waals surface area contributed by atoms with Crippen molar-refractivity contribution in [2.45, 2.75) is 13.0 Å². The highest BCUT2D eigenvalue weighted by Gasteiger charge is 2.19. The third kappa shape index (κ3) is 2.52. The van der Waals surface area contributed by atoms with Crippen molar-refractivity contribution >= 4 is 27.0 Å². The first kappa shape index (κ1) is 14.0. The van der Waals surface area contributed by atoms with Gasteiger partial charge in [0.2, 0.25) is 0 Å². The van der Waals surface area contributed by atoms with Gasteiger partial charge in [0.25, 0.3) is 0 Å². The Hall–Kier alpha value is -1.92. The molecule has 3 N–H and O–H groups in total. The second-order valence-electron chi connectivity index (χ2n) is 4.93. The molecule has 21 heavy (non-hydrogen) atoms. The van der Waals surface area contributed by atoms with Crippen LogP contribution in [0.4, 0.5) is 4.39 Å². The number of aryl methyl sites for hydroxylation is 1. The zero-order valence-electron chi connectivity index (χ0n) is 11.1. The SMILES string of the molecule is Cc1ccc(F)c(C(O)c2cc3[nH]c(=O)[nH]c3cc2Br)c1. The van der Waals surface area contributed by atoms with E-state index < -0.39 is 11.9 Å². The van der Waals surface area contributed by atoms with E-state index in [9.17, 15) is 14.3 Å². The summed E-state index contributed by atoms with van der Waals surface area (Å²) in [6, 6.07) is 7.89. The average molecular weight is 351 g/mol. The van der Waals surface area contributed by atoms with Crippen LogP contribution in [0.3, 0.4) is 0 Å². The molecule has 0 radical (unpaired) electrons. The van der Waals surface area contributed by atoms with Gasteiger partial charge in [-0.2, -0.15) is 0 Å². The van der Waals surface area contributed by atoms with E-state index in [1.54, 1.807) is 24.3 Å². The van der Waals surface area contributed by atoms with Crippen molar-refractivity contribution in [3.63, 3.8) is 0 Å². The van der Waals surface area contributed by atoms with Crippen LogP contribution in [0.5, 0.6) is 0 Å². The Morgan fingerprint density at radius 1 is 1.14 bits per heavy atom. The third-order valence-electron chi connectivity index (χ3n) is 3.37. The molecule has 1 heterocycles. The highest BCUT2D eigenvalue weighted by atomic mass is 79.9. The summed E-state index contributed by atoms with van der Waals surface area (Å²) < 4.78 is 14.5. The maximum absolute atomic E-state index is 13.9. The maximum Gasteiger partial charge on any atom is 0.323 e. The van der Waals surface area contributed by atoms with Crippen molar-refractivity contribution in [1.29, 1.82) is 0 Å². The Bertz CT molecular complexity index is 885. The van der Waals surface area contributed by atoms with Gasteiger partial charge in [0.05, 0.1) is 11.0 Å². The van der Waals surface area contributed by atoms with Gasteiger partial charge in [-0.05, 0) is 25.1 Å². The van der Waals surface area contributed by atoms with E-state index in [-0.39, 0.29) is 11.3 Å². The summed E-state index contributed by atoms with van der Waals surface area (Å²) in [5.74, 6) is -0.470. The summed E-state index contributed by atoms with van der Waals surface area (Å²) in [6.45, 7) is 1.83. The molecule has 1 aromatic heterocycles. The number of aromatic amines is 2. The first-order valence-electron chi connectivity index (χ1n) is 6.31. The van der Waals surface area contributed by atoms with Crippen LogP contribution in [0.1, 0.15) is 22.8 Å². The van der Waals surface area contributed by atoms with Crippen molar-refractivity contribution < 1.29 is 9.50 Å². The Kier molecular flexibility index (Phi) is 3.43. The van der Waals surface area contributed by atoms with E-state index in [0.29, 0.717) is 21.1 Å². The molecule has 0 aliphatic heterocycles. The molecule has 0 fully saturated rings. The van der Waals surface area contributed by atoms with Gasteiger partial charge >= 0.3 is 5.69 Å². The predicted molar refractivity (Wildman–Crippen MR) is 81.8 cm³/mol. The van der Waals surface area contributed by atoms with E-state index in [4.69, 9.17) is 0 Å². The summed E-state index contributed by atoms with van der Waals surface area (Å²) >= 11 is 3.35. The Morgan fingerprint density at radius 2 is 1.81 bits per heavy atom. The van der Waals surface area contributed by atoms with Crippen LogP contribution in [0.15, 0.2) is 39.6 Å². The van der Waals surface area contributed by atoms with Crippen molar-refractivity contribution in [2.75, 3.05) is 0 Å². The van der Waals surface area contributed by atoms with Gasteiger partial charge in [0.1, 0.15) is 11.9 Å². The third-order valence-corrected chi connectivity index (χ3v) is 4.06. The minimum atomic E-state index is -1.12. The molecule has 0 bridgehead atoms. The Labute approximate surface area is 127 Å². The van der Waals surface area contributed by atoms with E-state index in [1.165, 1.54) is 6.07 Å². The summed E-state index contributed by atoms with van der Waals surface area (Å²) in [4.78, 5) is 16.6. The standard InChI is InChI=1S/C15H12BrFN2O2/c1-7-2-3-11(17)9(4-7)14(20)8-5-12-13(6-10(8)16)19-15(21)18-12/h2-6,14,20H,1H3,(H2,18,19,21). The van der Waals surface area contributed by atoms with Crippen LogP contribution < -0.4 is 5.69 Å². The fourth-order valence-corrected chi connectivity index (χ4v) is 2.88. The zero-order chi connectivity index (χ0) is 15.1. The highest BCUT2D eigenvalue weighted by Crippen LogP contribution is 2.32. The second-order valence-corrected chi connectivity index (χ2v) is 5.78. The molecule has 0 saturated carbocycles. The number of aliphatic hydroxyl groups is 1. The number of halogens is 2. The summed E-state index contributed by atoms with van der Waals surface area (Å²) in [6.07, 6.45) is -1.12. The number of fused-ring (bicyclic) bond motifs is 1. The Balaban J connectivity index is 2.16. The normalized spacial score (nSPS) is 12.8. The largest absolute Gasteiger partial charge is 0.384 e. The van der Waals surface area contributed by atoms with Gasteiger partial charge in [-0.25, -0.2) is 9.18 Å². The lowest BCUT2D eigenvalue weighted by molar-refractivity contribution is 0.214.